The second kappa shape index (κ2) is 5.88. The highest BCUT2D eigenvalue weighted by Gasteiger charge is 2.32. The number of halogens is 3. The third-order valence-electron chi connectivity index (χ3n) is 3.20. The first kappa shape index (κ1) is 15.6. The van der Waals surface area contributed by atoms with Crippen LogP contribution >= 0.6 is 0 Å². The van der Waals surface area contributed by atoms with E-state index >= 15 is 0 Å². The maximum atomic E-state index is 12.4. The summed E-state index contributed by atoms with van der Waals surface area (Å²) in [6.07, 6.45) is -3.37. The molecule has 21 heavy (non-hydrogen) atoms. The van der Waals surface area contributed by atoms with Gasteiger partial charge in [0.25, 0.3) is 0 Å². The fourth-order valence-corrected chi connectivity index (χ4v) is 2.10. The van der Waals surface area contributed by atoms with Gasteiger partial charge in [0.05, 0.1) is 18.2 Å². The number of nitrogens with two attached hydrogens (primary N) is 1. The SMILES string of the molecule is C[C@@H](N)C(=O)N1CC[C@H](Oc2ccc(C(F)(F)F)cn2)C1. The number of rotatable bonds is 3. The van der Waals surface area contributed by atoms with Crippen molar-refractivity contribution in [3.05, 3.63) is 23.9 Å². The van der Waals surface area contributed by atoms with E-state index in [0.29, 0.717) is 19.5 Å². The quantitative estimate of drug-likeness (QED) is 0.917. The minimum absolute atomic E-state index is 0.114. The monoisotopic (exact) mass is 303 g/mol. The number of carbonyl (C=O) groups is 1. The van der Waals surface area contributed by atoms with E-state index in [1.807, 2.05) is 0 Å². The van der Waals surface area contributed by atoms with Crippen LogP contribution in [0.3, 0.4) is 0 Å². The number of carbonyl (C=O) groups excluding carboxylic acids is 1. The molecule has 2 atom stereocenters. The van der Waals surface area contributed by atoms with Gasteiger partial charge in [-0.05, 0) is 13.0 Å². The van der Waals surface area contributed by atoms with Crippen molar-refractivity contribution in [2.75, 3.05) is 13.1 Å². The van der Waals surface area contributed by atoms with E-state index in [0.717, 1.165) is 12.3 Å². The Morgan fingerprint density at radius 2 is 2.24 bits per heavy atom. The lowest BCUT2D eigenvalue weighted by atomic mass is 10.3. The molecule has 1 aromatic rings. The Balaban J connectivity index is 1.93. The van der Waals surface area contributed by atoms with E-state index in [1.165, 1.54) is 6.07 Å². The Hall–Kier alpha value is -1.83. The molecule has 1 fully saturated rings. The summed E-state index contributed by atoms with van der Waals surface area (Å²) < 4.78 is 42.7. The number of pyridine rings is 1. The molecule has 2 rings (SSSR count). The molecule has 0 radical (unpaired) electrons. The van der Waals surface area contributed by atoms with Gasteiger partial charge in [0, 0.05) is 25.2 Å². The van der Waals surface area contributed by atoms with Gasteiger partial charge in [-0.2, -0.15) is 13.2 Å². The summed E-state index contributed by atoms with van der Waals surface area (Å²) in [5, 5.41) is 0. The van der Waals surface area contributed by atoms with E-state index in [-0.39, 0.29) is 17.9 Å². The average molecular weight is 303 g/mol. The van der Waals surface area contributed by atoms with E-state index < -0.39 is 17.8 Å². The highest BCUT2D eigenvalue weighted by molar-refractivity contribution is 5.81. The van der Waals surface area contributed by atoms with Crippen LogP contribution in [0.2, 0.25) is 0 Å². The molecule has 0 aromatic carbocycles. The number of aromatic nitrogens is 1. The maximum absolute atomic E-state index is 12.4. The van der Waals surface area contributed by atoms with Crippen molar-refractivity contribution in [3.63, 3.8) is 0 Å². The van der Waals surface area contributed by atoms with Crippen molar-refractivity contribution >= 4 is 5.91 Å². The van der Waals surface area contributed by atoms with E-state index in [2.05, 4.69) is 4.98 Å². The molecule has 0 saturated carbocycles. The molecule has 2 heterocycles. The largest absolute Gasteiger partial charge is 0.472 e. The zero-order valence-electron chi connectivity index (χ0n) is 11.4. The molecule has 2 N–H and O–H groups in total. The number of likely N-dealkylation sites (tertiary alicyclic amines) is 1. The molecule has 5 nitrogen and oxygen atoms in total. The minimum atomic E-state index is -4.42. The molecule has 1 aromatic heterocycles. The van der Waals surface area contributed by atoms with E-state index in [1.54, 1.807) is 11.8 Å². The summed E-state index contributed by atoms with van der Waals surface area (Å²) in [7, 11) is 0. The Kier molecular flexibility index (Phi) is 4.36. The normalized spacial score (nSPS) is 20.4. The molecule has 0 bridgehead atoms. The van der Waals surface area contributed by atoms with Crippen molar-refractivity contribution < 1.29 is 22.7 Å². The van der Waals surface area contributed by atoms with Gasteiger partial charge in [-0.25, -0.2) is 4.98 Å². The molecule has 1 amide bonds. The number of alkyl halides is 3. The first-order valence-electron chi connectivity index (χ1n) is 6.51. The van der Waals surface area contributed by atoms with Crippen molar-refractivity contribution in [2.45, 2.75) is 31.7 Å². The number of hydrogen-bond acceptors (Lipinski definition) is 4. The Morgan fingerprint density at radius 3 is 2.76 bits per heavy atom. The molecule has 116 valence electrons. The highest BCUT2D eigenvalue weighted by Crippen LogP contribution is 2.29. The molecule has 1 aliphatic rings. The van der Waals surface area contributed by atoms with Crippen LogP contribution in [0.5, 0.6) is 5.88 Å². The summed E-state index contributed by atoms with van der Waals surface area (Å²) in [5.74, 6) is -0.0513. The highest BCUT2D eigenvalue weighted by atomic mass is 19.4. The van der Waals surface area contributed by atoms with Gasteiger partial charge in [0.15, 0.2) is 0 Å². The lowest BCUT2D eigenvalue weighted by Gasteiger charge is -2.18. The van der Waals surface area contributed by atoms with E-state index in [9.17, 15) is 18.0 Å². The summed E-state index contributed by atoms with van der Waals surface area (Å²) >= 11 is 0. The van der Waals surface area contributed by atoms with Crippen molar-refractivity contribution in [1.29, 1.82) is 0 Å². The van der Waals surface area contributed by atoms with Crippen molar-refractivity contribution in [1.82, 2.24) is 9.88 Å². The van der Waals surface area contributed by atoms with Gasteiger partial charge in [0.1, 0.15) is 6.10 Å². The van der Waals surface area contributed by atoms with Crippen LogP contribution in [0, 0.1) is 0 Å². The number of amides is 1. The van der Waals surface area contributed by atoms with Crippen LogP contribution in [0.4, 0.5) is 13.2 Å². The number of hydrogen-bond donors (Lipinski definition) is 1. The Morgan fingerprint density at radius 1 is 1.52 bits per heavy atom. The molecule has 0 unspecified atom stereocenters. The third-order valence-corrected chi connectivity index (χ3v) is 3.20. The topological polar surface area (TPSA) is 68.5 Å². The molecule has 0 spiro atoms. The second-order valence-electron chi connectivity index (χ2n) is 4.98. The molecule has 8 heteroatoms. The summed E-state index contributed by atoms with van der Waals surface area (Å²) in [6, 6.07) is 1.52. The van der Waals surface area contributed by atoms with Crippen LogP contribution in [0.25, 0.3) is 0 Å². The van der Waals surface area contributed by atoms with Crippen LogP contribution in [-0.4, -0.2) is 41.0 Å². The third kappa shape index (κ3) is 3.84. The molecule has 1 aliphatic heterocycles. The predicted octanol–water partition coefficient (Wildman–Crippen LogP) is 1.43. The average Bonchev–Trinajstić information content (AvgIpc) is 2.85. The Bertz CT molecular complexity index is 502. The first-order chi connectivity index (χ1) is 9.77. The number of nitrogens with zero attached hydrogens (tertiary/aromatic N) is 2. The summed E-state index contributed by atoms with van der Waals surface area (Å²) in [6.45, 7) is 2.49. The number of ether oxygens (including phenoxy) is 1. The summed E-state index contributed by atoms with van der Waals surface area (Å²) in [4.78, 5) is 16.9. The predicted molar refractivity (Wildman–Crippen MR) is 68.5 cm³/mol. The summed E-state index contributed by atoms with van der Waals surface area (Å²) in [5.41, 5.74) is 4.70. The molecule has 1 saturated heterocycles. The zero-order chi connectivity index (χ0) is 15.6. The van der Waals surface area contributed by atoms with E-state index in [4.69, 9.17) is 10.5 Å². The van der Waals surface area contributed by atoms with Gasteiger partial charge in [0.2, 0.25) is 11.8 Å². The van der Waals surface area contributed by atoms with Gasteiger partial charge in [-0.1, -0.05) is 0 Å². The minimum Gasteiger partial charge on any atom is -0.472 e. The molecular weight excluding hydrogens is 287 g/mol. The van der Waals surface area contributed by atoms with Crippen LogP contribution in [-0.2, 0) is 11.0 Å². The van der Waals surface area contributed by atoms with Gasteiger partial charge >= 0.3 is 6.18 Å². The van der Waals surface area contributed by atoms with Crippen LogP contribution in [0.1, 0.15) is 18.9 Å². The van der Waals surface area contributed by atoms with Gasteiger partial charge < -0.3 is 15.4 Å². The molecular formula is C13H16F3N3O2. The zero-order valence-corrected chi connectivity index (χ0v) is 11.4. The Labute approximate surface area is 119 Å². The van der Waals surface area contributed by atoms with Crippen molar-refractivity contribution in [2.24, 2.45) is 5.73 Å². The fourth-order valence-electron chi connectivity index (χ4n) is 2.10. The maximum Gasteiger partial charge on any atom is 0.417 e. The fraction of sp³-hybridized carbons (Fsp3) is 0.538. The van der Waals surface area contributed by atoms with Crippen LogP contribution in [0.15, 0.2) is 18.3 Å². The first-order valence-corrected chi connectivity index (χ1v) is 6.51. The molecule has 0 aliphatic carbocycles. The lowest BCUT2D eigenvalue weighted by Crippen LogP contribution is -2.41. The van der Waals surface area contributed by atoms with Crippen LogP contribution < -0.4 is 10.5 Å². The lowest BCUT2D eigenvalue weighted by molar-refractivity contribution is -0.138. The standard InChI is InChI=1S/C13H16F3N3O2/c1-8(17)12(20)19-5-4-10(7-19)21-11-3-2-9(6-18-11)13(14,15)16/h2-3,6,8,10H,4-5,7,17H2,1H3/t8-,10+/m1/s1. The van der Waals surface area contributed by atoms with Gasteiger partial charge in [-0.15, -0.1) is 0 Å². The second-order valence-corrected chi connectivity index (χ2v) is 4.98. The van der Waals surface area contributed by atoms with Crippen molar-refractivity contribution in [3.8, 4) is 5.88 Å². The van der Waals surface area contributed by atoms with Gasteiger partial charge in [-0.3, -0.25) is 4.79 Å². The smallest absolute Gasteiger partial charge is 0.417 e.